The molecule has 0 spiro atoms. The third kappa shape index (κ3) is 4.06. The summed E-state index contributed by atoms with van der Waals surface area (Å²) in [5.74, 6) is 0.786. The fourth-order valence-corrected chi connectivity index (χ4v) is 2.76. The molecule has 0 N–H and O–H groups in total. The Hall–Kier alpha value is -0.0800. The average molecular weight is 226 g/mol. The van der Waals surface area contributed by atoms with Gasteiger partial charge in [0, 0.05) is 25.2 Å². The van der Waals surface area contributed by atoms with Gasteiger partial charge in [-0.15, -0.1) is 0 Å². The molecule has 0 amide bonds. The van der Waals surface area contributed by atoms with Gasteiger partial charge in [0.1, 0.15) is 0 Å². The maximum absolute atomic E-state index is 2.68. The smallest absolute Gasteiger partial charge is 0.0223 e. The van der Waals surface area contributed by atoms with E-state index < -0.39 is 0 Å². The monoisotopic (exact) mass is 226 g/mol. The standard InChI is InChI=1S/C14H30N2/c1-6-15(10-12(2)3)14-8-7-9-16(11-14)13(4)5/h12-14H,6-11H2,1-5H3. The largest absolute Gasteiger partial charge is 0.299 e. The first-order valence-corrected chi connectivity index (χ1v) is 7.02. The Morgan fingerprint density at radius 3 is 2.44 bits per heavy atom. The first-order chi connectivity index (χ1) is 7.54. The highest BCUT2D eigenvalue weighted by Crippen LogP contribution is 2.18. The molecule has 1 aliphatic rings. The van der Waals surface area contributed by atoms with E-state index in [2.05, 4.69) is 44.4 Å². The van der Waals surface area contributed by atoms with Crippen molar-refractivity contribution in [2.24, 2.45) is 5.92 Å². The zero-order chi connectivity index (χ0) is 12.1. The number of piperidine rings is 1. The topological polar surface area (TPSA) is 6.48 Å². The third-order valence-electron chi connectivity index (χ3n) is 3.68. The number of hydrogen-bond acceptors (Lipinski definition) is 2. The minimum absolute atomic E-state index is 0.709. The van der Waals surface area contributed by atoms with Crippen LogP contribution in [0.5, 0.6) is 0 Å². The Morgan fingerprint density at radius 1 is 1.25 bits per heavy atom. The van der Waals surface area contributed by atoms with Crippen LogP contribution in [-0.4, -0.2) is 48.1 Å². The molecule has 1 fully saturated rings. The molecule has 1 unspecified atom stereocenters. The van der Waals surface area contributed by atoms with Crippen molar-refractivity contribution in [1.82, 2.24) is 9.80 Å². The Bertz CT molecular complexity index is 189. The summed E-state index contributed by atoms with van der Waals surface area (Å²) in [5.41, 5.74) is 0. The van der Waals surface area contributed by atoms with Crippen LogP contribution in [0.15, 0.2) is 0 Å². The van der Waals surface area contributed by atoms with Crippen molar-refractivity contribution in [3.63, 3.8) is 0 Å². The van der Waals surface area contributed by atoms with Crippen LogP contribution in [0, 0.1) is 5.92 Å². The summed E-state index contributed by atoms with van der Waals surface area (Å²) in [6.45, 7) is 16.6. The molecule has 16 heavy (non-hydrogen) atoms. The van der Waals surface area contributed by atoms with Crippen molar-refractivity contribution in [3.05, 3.63) is 0 Å². The van der Waals surface area contributed by atoms with Gasteiger partial charge in [0.2, 0.25) is 0 Å². The van der Waals surface area contributed by atoms with Gasteiger partial charge in [-0.25, -0.2) is 0 Å². The Kier molecular flexibility index (Phi) is 5.77. The number of nitrogens with zero attached hydrogens (tertiary/aromatic N) is 2. The number of likely N-dealkylation sites (N-methyl/N-ethyl adjacent to an activating group) is 1. The van der Waals surface area contributed by atoms with Crippen LogP contribution >= 0.6 is 0 Å². The molecule has 0 aliphatic carbocycles. The normalized spacial score (nSPS) is 23.6. The lowest BCUT2D eigenvalue weighted by Gasteiger charge is -2.41. The van der Waals surface area contributed by atoms with Crippen molar-refractivity contribution in [2.45, 2.75) is 59.5 Å². The van der Waals surface area contributed by atoms with Crippen LogP contribution in [0.1, 0.15) is 47.5 Å². The maximum Gasteiger partial charge on any atom is 0.0223 e. The molecule has 1 heterocycles. The van der Waals surface area contributed by atoms with Gasteiger partial charge in [-0.2, -0.15) is 0 Å². The first kappa shape index (κ1) is 14.0. The van der Waals surface area contributed by atoms with E-state index in [1.807, 2.05) is 0 Å². The predicted molar refractivity (Wildman–Crippen MR) is 71.8 cm³/mol. The molecule has 1 aliphatic heterocycles. The molecule has 2 heteroatoms. The van der Waals surface area contributed by atoms with Crippen LogP contribution in [0.3, 0.4) is 0 Å². The summed E-state index contributed by atoms with van der Waals surface area (Å²) in [4.78, 5) is 5.32. The summed E-state index contributed by atoms with van der Waals surface area (Å²) < 4.78 is 0. The van der Waals surface area contributed by atoms with E-state index in [-0.39, 0.29) is 0 Å². The lowest BCUT2D eigenvalue weighted by atomic mass is 10.0. The van der Waals surface area contributed by atoms with Crippen LogP contribution in [-0.2, 0) is 0 Å². The summed E-state index contributed by atoms with van der Waals surface area (Å²) in [6.07, 6.45) is 2.77. The maximum atomic E-state index is 2.68. The first-order valence-electron chi connectivity index (χ1n) is 7.02. The van der Waals surface area contributed by atoms with Crippen LogP contribution in [0.4, 0.5) is 0 Å². The molecule has 0 aromatic rings. The Balaban J connectivity index is 2.50. The lowest BCUT2D eigenvalue weighted by Crippen LogP contribution is -2.50. The SMILES string of the molecule is CCN(CC(C)C)C1CCCN(C(C)C)C1. The Morgan fingerprint density at radius 2 is 1.94 bits per heavy atom. The molecule has 0 bridgehead atoms. The van der Waals surface area contributed by atoms with Crippen molar-refractivity contribution in [2.75, 3.05) is 26.2 Å². The third-order valence-corrected chi connectivity index (χ3v) is 3.68. The molecule has 0 radical (unpaired) electrons. The molecule has 1 saturated heterocycles. The zero-order valence-electron chi connectivity index (χ0n) is 11.9. The van der Waals surface area contributed by atoms with Gasteiger partial charge in [-0.1, -0.05) is 20.8 Å². The van der Waals surface area contributed by atoms with E-state index >= 15 is 0 Å². The molecule has 1 rings (SSSR count). The highest BCUT2D eigenvalue weighted by atomic mass is 15.2. The average Bonchev–Trinajstić information content (AvgIpc) is 2.25. The predicted octanol–water partition coefficient (Wildman–Crippen LogP) is 2.84. The molecule has 96 valence electrons. The molecular formula is C14H30N2. The van der Waals surface area contributed by atoms with Gasteiger partial charge < -0.3 is 0 Å². The fraction of sp³-hybridized carbons (Fsp3) is 1.00. The fourth-order valence-electron chi connectivity index (χ4n) is 2.76. The van der Waals surface area contributed by atoms with E-state index in [0.717, 1.165) is 12.0 Å². The molecule has 0 aromatic carbocycles. The van der Waals surface area contributed by atoms with Crippen LogP contribution in [0.2, 0.25) is 0 Å². The van der Waals surface area contributed by atoms with E-state index in [1.54, 1.807) is 0 Å². The van der Waals surface area contributed by atoms with E-state index in [4.69, 9.17) is 0 Å². The van der Waals surface area contributed by atoms with Crippen molar-refractivity contribution in [1.29, 1.82) is 0 Å². The van der Waals surface area contributed by atoms with Gasteiger partial charge in [0.25, 0.3) is 0 Å². The number of hydrogen-bond donors (Lipinski definition) is 0. The van der Waals surface area contributed by atoms with E-state index in [1.165, 1.54) is 39.0 Å². The van der Waals surface area contributed by atoms with Gasteiger partial charge in [-0.05, 0) is 45.7 Å². The second-order valence-corrected chi connectivity index (χ2v) is 5.87. The molecule has 0 aromatic heterocycles. The quantitative estimate of drug-likeness (QED) is 0.711. The number of likely N-dealkylation sites (tertiary alicyclic amines) is 1. The summed E-state index contributed by atoms with van der Waals surface area (Å²) >= 11 is 0. The van der Waals surface area contributed by atoms with Gasteiger partial charge in [0.05, 0.1) is 0 Å². The van der Waals surface area contributed by atoms with Gasteiger partial charge in [-0.3, -0.25) is 9.80 Å². The van der Waals surface area contributed by atoms with Crippen molar-refractivity contribution in [3.8, 4) is 0 Å². The minimum Gasteiger partial charge on any atom is -0.299 e. The van der Waals surface area contributed by atoms with Crippen molar-refractivity contribution < 1.29 is 0 Å². The summed E-state index contributed by atoms with van der Waals surface area (Å²) in [6, 6.07) is 1.50. The summed E-state index contributed by atoms with van der Waals surface area (Å²) in [7, 11) is 0. The summed E-state index contributed by atoms with van der Waals surface area (Å²) in [5, 5.41) is 0. The minimum atomic E-state index is 0.709. The lowest BCUT2D eigenvalue weighted by molar-refractivity contribution is 0.0759. The molecule has 1 atom stereocenters. The Labute approximate surface area is 102 Å². The van der Waals surface area contributed by atoms with E-state index in [9.17, 15) is 0 Å². The highest BCUT2D eigenvalue weighted by molar-refractivity contribution is 4.82. The molecule has 0 saturated carbocycles. The second kappa shape index (κ2) is 6.61. The molecule has 2 nitrogen and oxygen atoms in total. The second-order valence-electron chi connectivity index (χ2n) is 5.87. The van der Waals surface area contributed by atoms with Crippen molar-refractivity contribution >= 4 is 0 Å². The van der Waals surface area contributed by atoms with Gasteiger partial charge >= 0.3 is 0 Å². The highest BCUT2D eigenvalue weighted by Gasteiger charge is 2.25. The zero-order valence-corrected chi connectivity index (χ0v) is 11.9. The van der Waals surface area contributed by atoms with Crippen LogP contribution in [0.25, 0.3) is 0 Å². The van der Waals surface area contributed by atoms with Gasteiger partial charge in [0.15, 0.2) is 0 Å². The van der Waals surface area contributed by atoms with Crippen LogP contribution < -0.4 is 0 Å². The molecular weight excluding hydrogens is 196 g/mol. The number of rotatable bonds is 5. The van der Waals surface area contributed by atoms with E-state index in [0.29, 0.717) is 6.04 Å².